The summed E-state index contributed by atoms with van der Waals surface area (Å²) in [6.07, 6.45) is 4.24. The Morgan fingerprint density at radius 1 is 1.36 bits per heavy atom. The number of carboxylic acids is 1. The molecule has 0 radical (unpaired) electrons. The molecular formula is C9H6N2O3. The van der Waals surface area contributed by atoms with Gasteiger partial charge in [-0.1, -0.05) is 5.16 Å². The Balaban J connectivity index is 2.58. The number of rotatable bonds is 2. The van der Waals surface area contributed by atoms with Crippen molar-refractivity contribution in [1.29, 1.82) is 0 Å². The normalized spacial score (nSPS) is 10.0. The number of aromatic carboxylic acids is 1. The first kappa shape index (κ1) is 8.43. The lowest BCUT2D eigenvalue weighted by Crippen LogP contribution is -1.99. The van der Waals surface area contributed by atoms with Gasteiger partial charge in [-0.2, -0.15) is 0 Å². The highest BCUT2D eigenvalue weighted by Gasteiger charge is 2.13. The lowest BCUT2D eigenvalue weighted by molar-refractivity contribution is 0.0697. The van der Waals surface area contributed by atoms with E-state index in [1.54, 1.807) is 12.1 Å². The summed E-state index contributed by atoms with van der Waals surface area (Å²) in [5.74, 6) is -0.616. The first-order chi connectivity index (χ1) is 6.79. The topological polar surface area (TPSA) is 76.2 Å². The zero-order chi connectivity index (χ0) is 9.97. The molecule has 2 rings (SSSR count). The second kappa shape index (κ2) is 3.29. The molecule has 0 amide bonds. The highest BCUT2D eigenvalue weighted by Crippen LogP contribution is 2.21. The van der Waals surface area contributed by atoms with Crippen molar-refractivity contribution in [3.8, 4) is 11.3 Å². The molecule has 0 aliphatic heterocycles. The quantitative estimate of drug-likeness (QED) is 0.775. The average Bonchev–Trinajstić information content (AvgIpc) is 2.70. The van der Waals surface area contributed by atoms with E-state index in [9.17, 15) is 4.79 Å². The largest absolute Gasteiger partial charge is 0.478 e. The minimum Gasteiger partial charge on any atom is -0.478 e. The Morgan fingerprint density at radius 2 is 2.21 bits per heavy atom. The van der Waals surface area contributed by atoms with Crippen LogP contribution < -0.4 is 0 Å². The third-order valence-corrected chi connectivity index (χ3v) is 1.75. The van der Waals surface area contributed by atoms with E-state index in [4.69, 9.17) is 9.63 Å². The molecule has 2 aromatic rings. The molecule has 5 heteroatoms. The molecule has 70 valence electrons. The third-order valence-electron chi connectivity index (χ3n) is 1.75. The predicted molar refractivity (Wildman–Crippen MR) is 46.7 cm³/mol. The van der Waals surface area contributed by atoms with Crippen molar-refractivity contribution in [2.45, 2.75) is 0 Å². The second-order valence-corrected chi connectivity index (χ2v) is 2.60. The fraction of sp³-hybridized carbons (Fsp3) is 0. The molecule has 0 fully saturated rings. The number of nitrogens with zero attached hydrogens (tertiary/aromatic N) is 2. The van der Waals surface area contributed by atoms with Crippen LogP contribution in [0.15, 0.2) is 35.2 Å². The number of hydrogen-bond acceptors (Lipinski definition) is 4. The van der Waals surface area contributed by atoms with Gasteiger partial charge in [0.05, 0.1) is 11.8 Å². The molecular weight excluding hydrogens is 184 g/mol. The fourth-order valence-corrected chi connectivity index (χ4v) is 1.13. The van der Waals surface area contributed by atoms with Crippen LogP contribution in [0.3, 0.4) is 0 Å². The minimum absolute atomic E-state index is 0.101. The monoisotopic (exact) mass is 190 g/mol. The van der Waals surface area contributed by atoms with E-state index in [-0.39, 0.29) is 5.56 Å². The third kappa shape index (κ3) is 1.35. The van der Waals surface area contributed by atoms with Gasteiger partial charge in [0, 0.05) is 24.0 Å². The second-order valence-electron chi connectivity index (χ2n) is 2.60. The van der Waals surface area contributed by atoms with Crippen molar-refractivity contribution in [3.05, 3.63) is 36.3 Å². The molecule has 0 saturated heterocycles. The molecule has 0 unspecified atom stereocenters. The van der Waals surface area contributed by atoms with Gasteiger partial charge in [0.2, 0.25) is 0 Å². The van der Waals surface area contributed by atoms with Gasteiger partial charge in [-0.15, -0.1) is 0 Å². The lowest BCUT2D eigenvalue weighted by Gasteiger charge is -1.99. The van der Waals surface area contributed by atoms with Crippen molar-refractivity contribution in [3.63, 3.8) is 0 Å². The van der Waals surface area contributed by atoms with Gasteiger partial charge in [0.25, 0.3) is 0 Å². The van der Waals surface area contributed by atoms with Gasteiger partial charge < -0.3 is 9.63 Å². The maximum Gasteiger partial charge on any atom is 0.338 e. The van der Waals surface area contributed by atoms with E-state index >= 15 is 0 Å². The van der Waals surface area contributed by atoms with Crippen LogP contribution in [0.4, 0.5) is 0 Å². The first-order valence-electron chi connectivity index (χ1n) is 3.87. The molecule has 2 heterocycles. The van der Waals surface area contributed by atoms with Crippen LogP contribution in [0.5, 0.6) is 0 Å². The Hall–Kier alpha value is -2.17. The van der Waals surface area contributed by atoms with E-state index < -0.39 is 5.97 Å². The van der Waals surface area contributed by atoms with E-state index in [1.165, 1.54) is 18.6 Å². The number of pyridine rings is 1. The predicted octanol–water partition coefficient (Wildman–Crippen LogP) is 1.43. The summed E-state index contributed by atoms with van der Waals surface area (Å²) in [5, 5.41) is 12.4. The molecule has 14 heavy (non-hydrogen) atoms. The zero-order valence-electron chi connectivity index (χ0n) is 7.04. The molecule has 0 aliphatic carbocycles. The first-order valence-corrected chi connectivity index (χ1v) is 3.87. The van der Waals surface area contributed by atoms with Gasteiger partial charge in [-0.25, -0.2) is 4.79 Å². The van der Waals surface area contributed by atoms with Crippen LogP contribution >= 0.6 is 0 Å². The van der Waals surface area contributed by atoms with Crippen molar-refractivity contribution in [2.75, 3.05) is 0 Å². The van der Waals surface area contributed by atoms with Gasteiger partial charge in [-0.3, -0.25) is 4.98 Å². The highest BCUT2D eigenvalue weighted by molar-refractivity contribution is 5.94. The van der Waals surface area contributed by atoms with Gasteiger partial charge in [-0.05, 0) is 6.07 Å². The summed E-state index contributed by atoms with van der Waals surface area (Å²) in [7, 11) is 0. The fourth-order valence-electron chi connectivity index (χ4n) is 1.13. The van der Waals surface area contributed by atoms with E-state index in [0.29, 0.717) is 11.3 Å². The van der Waals surface area contributed by atoms with Gasteiger partial charge in [0.1, 0.15) is 0 Å². The van der Waals surface area contributed by atoms with Crippen LogP contribution in [-0.4, -0.2) is 21.2 Å². The molecule has 0 aliphatic rings. The number of carboxylic acid groups (broad SMARTS) is 1. The smallest absolute Gasteiger partial charge is 0.338 e. The lowest BCUT2D eigenvalue weighted by atomic mass is 10.1. The molecule has 0 saturated carbocycles. The SMILES string of the molecule is O=C(O)c1cnccc1-c1ccno1. The number of aromatic nitrogens is 2. The van der Waals surface area contributed by atoms with Crippen LogP contribution in [0.2, 0.25) is 0 Å². The molecule has 1 N–H and O–H groups in total. The van der Waals surface area contributed by atoms with E-state index in [1.807, 2.05) is 0 Å². The Kier molecular flexibility index (Phi) is 1.98. The standard InChI is InChI=1S/C9H6N2O3/c12-9(13)7-5-10-3-1-6(7)8-2-4-11-14-8/h1-5H,(H,12,13). The maximum atomic E-state index is 10.8. The molecule has 2 aromatic heterocycles. The molecule has 0 atom stereocenters. The molecule has 0 bridgehead atoms. The van der Waals surface area contributed by atoms with Crippen molar-refractivity contribution >= 4 is 5.97 Å². The zero-order valence-corrected chi connectivity index (χ0v) is 7.04. The van der Waals surface area contributed by atoms with Crippen molar-refractivity contribution < 1.29 is 14.4 Å². The van der Waals surface area contributed by atoms with Crippen LogP contribution in [0.25, 0.3) is 11.3 Å². The Bertz CT molecular complexity index is 451. The Labute approximate surface area is 79.0 Å². The molecule has 0 aromatic carbocycles. The summed E-state index contributed by atoms with van der Waals surface area (Å²) in [6, 6.07) is 3.17. The number of carbonyl (C=O) groups is 1. The summed E-state index contributed by atoms with van der Waals surface area (Å²) < 4.78 is 4.87. The Morgan fingerprint density at radius 3 is 2.86 bits per heavy atom. The maximum absolute atomic E-state index is 10.8. The van der Waals surface area contributed by atoms with Gasteiger partial charge in [0.15, 0.2) is 5.76 Å². The summed E-state index contributed by atoms with van der Waals surface area (Å²) in [4.78, 5) is 14.5. The summed E-state index contributed by atoms with van der Waals surface area (Å²) in [5.41, 5.74) is 0.578. The minimum atomic E-state index is -1.04. The molecule has 0 spiro atoms. The average molecular weight is 190 g/mol. The summed E-state index contributed by atoms with van der Waals surface area (Å²) in [6.45, 7) is 0. The van der Waals surface area contributed by atoms with E-state index in [2.05, 4.69) is 10.1 Å². The van der Waals surface area contributed by atoms with Crippen molar-refractivity contribution in [1.82, 2.24) is 10.1 Å². The summed E-state index contributed by atoms with van der Waals surface area (Å²) >= 11 is 0. The van der Waals surface area contributed by atoms with Crippen LogP contribution in [-0.2, 0) is 0 Å². The van der Waals surface area contributed by atoms with Crippen LogP contribution in [0, 0.1) is 0 Å². The van der Waals surface area contributed by atoms with Gasteiger partial charge >= 0.3 is 5.97 Å². The highest BCUT2D eigenvalue weighted by atomic mass is 16.5. The number of hydrogen-bond donors (Lipinski definition) is 1. The molecule has 5 nitrogen and oxygen atoms in total. The van der Waals surface area contributed by atoms with Crippen molar-refractivity contribution in [2.24, 2.45) is 0 Å². The van der Waals surface area contributed by atoms with E-state index in [0.717, 1.165) is 0 Å². The van der Waals surface area contributed by atoms with Crippen LogP contribution in [0.1, 0.15) is 10.4 Å².